The molecule has 19 heavy (non-hydrogen) atoms. The molecule has 2 saturated heterocycles. The van der Waals surface area contributed by atoms with E-state index in [0.29, 0.717) is 18.1 Å². The molecule has 1 aliphatic carbocycles. The van der Waals surface area contributed by atoms with Gasteiger partial charge in [-0.15, -0.1) is 0 Å². The van der Waals surface area contributed by atoms with Crippen LogP contribution in [0.1, 0.15) is 30.4 Å². The minimum absolute atomic E-state index is 0.150. The molecule has 0 unspecified atom stereocenters. The highest BCUT2D eigenvalue weighted by Gasteiger charge is 2.40. The molecule has 3 atom stereocenters. The zero-order valence-electron chi connectivity index (χ0n) is 11.1. The molecule has 2 aliphatic heterocycles. The van der Waals surface area contributed by atoms with E-state index in [2.05, 4.69) is 34.9 Å². The van der Waals surface area contributed by atoms with Gasteiger partial charge in [-0.1, -0.05) is 24.3 Å². The highest BCUT2D eigenvalue weighted by atomic mass is 16.2. The van der Waals surface area contributed by atoms with Gasteiger partial charge in [-0.3, -0.25) is 4.79 Å². The summed E-state index contributed by atoms with van der Waals surface area (Å²) < 4.78 is 0. The van der Waals surface area contributed by atoms with Crippen molar-refractivity contribution in [2.75, 3.05) is 0 Å². The molecule has 2 fully saturated rings. The van der Waals surface area contributed by atoms with Gasteiger partial charge >= 0.3 is 0 Å². The van der Waals surface area contributed by atoms with Gasteiger partial charge in [0.05, 0.1) is 0 Å². The average Bonchev–Trinajstić information content (AvgIpc) is 3.12. The maximum absolute atomic E-state index is 12.4. The highest BCUT2D eigenvalue weighted by molar-refractivity contribution is 5.80. The third kappa shape index (κ3) is 1.96. The lowest BCUT2D eigenvalue weighted by atomic mass is 9.94. The maximum atomic E-state index is 12.4. The van der Waals surface area contributed by atoms with Gasteiger partial charge in [0.2, 0.25) is 5.91 Å². The Bertz CT molecular complexity index is 488. The molecular formula is C16H20N2O. The Kier molecular flexibility index (Phi) is 2.62. The molecule has 1 aromatic carbocycles. The summed E-state index contributed by atoms with van der Waals surface area (Å²) in [5.41, 5.74) is 2.71. The van der Waals surface area contributed by atoms with Gasteiger partial charge in [-0.05, 0) is 43.2 Å². The number of nitrogens with one attached hydrogen (secondary N) is 2. The second-order valence-electron chi connectivity index (χ2n) is 6.27. The Morgan fingerprint density at radius 2 is 1.89 bits per heavy atom. The number of hydrogen-bond acceptors (Lipinski definition) is 2. The third-order valence-electron chi connectivity index (χ3n) is 5.05. The van der Waals surface area contributed by atoms with Crippen LogP contribution in [0.5, 0.6) is 0 Å². The number of fused-ring (bicyclic) bond motifs is 3. The first-order chi connectivity index (χ1) is 9.29. The van der Waals surface area contributed by atoms with Gasteiger partial charge in [0.15, 0.2) is 0 Å². The van der Waals surface area contributed by atoms with E-state index in [1.54, 1.807) is 0 Å². The fraction of sp³-hybridized carbons (Fsp3) is 0.562. The fourth-order valence-electron chi connectivity index (χ4n) is 4.03. The van der Waals surface area contributed by atoms with Crippen LogP contribution in [-0.4, -0.2) is 24.0 Å². The summed E-state index contributed by atoms with van der Waals surface area (Å²) in [5, 5.41) is 6.86. The Hall–Kier alpha value is -1.35. The number of hydrogen-bond donors (Lipinski definition) is 2. The van der Waals surface area contributed by atoms with Crippen LogP contribution in [0, 0.1) is 5.92 Å². The summed E-state index contributed by atoms with van der Waals surface area (Å²) in [5.74, 6) is 0.409. The number of carbonyl (C=O) groups is 1. The van der Waals surface area contributed by atoms with E-state index in [1.165, 1.54) is 24.0 Å². The molecule has 3 aliphatic rings. The van der Waals surface area contributed by atoms with Crippen molar-refractivity contribution < 1.29 is 4.79 Å². The van der Waals surface area contributed by atoms with Gasteiger partial charge in [0.25, 0.3) is 0 Å². The van der Waals surface area contributed by atoms with Gasteiger partial charge < -0.3 is 10.6 Å². The van der Waals surface area contributed by atoms with Crippen LogP contribution in [0.4, 0.5) is 0 Å². The zero-order valence-corrected chi connectivity index (χ0v) is 11.1. The molecule has 1 amide bonds. The van der Waals surface area contributed by atoms with Crippen LogP contribution in [0.15, 0.2) is 24.3 Å². The molecule has 2 bridgehead atoms. The first-order valence-electron chi connectivity index (χ1n) is 7.43. The molecule has 0 saturated carbocycles. The number of rotatable bonds is 2. The third-order valence-corrected chi connectivity index (χ3v) is 5.05. The van der Waals surface area contributed by atoms with Crippen molar-refractivity contribution in [1.29, 1.82) is 0 Å². The monoisotopic (exact) mass is 256 g/mol. The predicted molar refractivity (Wildman–Crippen MR) is 73.8 cm³/mol. The molecule has 3 nitrogen and oxygen atoms in total. The first-order valence-corrected chi connectivity index (χ1v) is 7.43. The Morgan fingerprint density at radius 1 is 1.16 bits per heavy atom. The molecule has 0 aromatic heterocycles. The normalized spacial score (nSPS) is 32.5. The van der Waals surface area contributed by atoms with Crippen LogP contribution < -0.4 is 10.6 Å². The topological polar surface area (TPSA) is 41.1 Å². The summed E-state index contributed by atoms with van der Waals surface area (Å²) >= 11 is 0. The van der Waals surface area contributed by atoms with Crippen LogP contribution in [0.3, 0.4) is 0 Å². The minimum Gasteiger partial charge on any atom is -0.351 e. The SMILES string of the molecule is O=C(N[C@H]1C[C@H]2CC[C@@H]1N2)C1Cc2ccccc2C1. The lowest BCUT2D eigenvalue weighted by molar-refractivity contribution is -0.125. The lowest BCUT2D eigenvalue weighted by Crippen LogP contribution is -2.45. The van der Waals surface area contributed by atoms with Crippen LogP contribution in [-0.2, 0) is 17.6 Å². The van der Waals surface area contributed by atoms with E-state index in [4.69, 9.17) is 0 Å². The van der Waals surface area contributed by atoms with Crippen LogP contribution in [0.25, 0.3) is 0 Å². The smallest absolute Gasteiger partial charge is 0.224 e. The van der Waals surface area contributed by atoms with Gasteiger partial charge in [0.1, 0.15) is 0 Å². The largest absolute Gasteiger partial charge is 0.351 e. The molecular weight excluding hydrogens is 236 g/mol. The van der Waals surface area contributed by atoms with Gasteiger partial charge in [-0.25, -0.2) is 0 Å². The Morgan fingerprint density at radius 3 is 2.47 bits per heavy atom. The second-order valence-corrected chi connectivity index (χ2v) is 6.27. The zero-order chi connectivity index (χ0) is 12.8. The second kappa shape index (κ2) is 4.34. The molecule has 1 aromatic rings. The standard InChI is InChI=1S/C16H20N2O/c19-16(18-15-9-13-5-6-14(15)17-13)12-7-10-3-1-2-4-11(10)8-12/h1-4,12-15,17H,5-9H2,(H,18,19)/t13-,14+,15+/m1/s1. The van der Waals surface area contributed by atoms with Crippen molar-refractivity contribution in [3.63, 3.8) is 0 Å². The van der Waals surface area contributed by atoms with Crippen molar-refractivity contribution >= 4 is 5.91 Å². The Balaban J connectivity index is 1.40. The Labute approximate surface area is 113 Å². The molecule has 2 N–H and O–H groups in total. The van der Waals surface area contributed by atoms with Crippen LogP contribution >= 0.6 is 0 Å². The average molecular weight is 256 g/mol. The van der Waals surface area contributed by atoms with E-state index >= 15 is 0 Å². The molecule has 0 spiro atoms. The minimum atomic E-state index is 0.150. The molecule has 2 heterocycles. The number of carbonyl (C=O) groups excluding carboxylic acids is 1. The summed E-state index contributed by atoms with van der Waals surface area (Å²) in [7, 11) is 0. The van der Waals surface area contributed by atoms with Gasteiger partial charge in [-0.2, -0.15) is 0 Å². The van der Waals surface area contributed by atoms with Crippen molar-refractivity contribution in [2.45, 2.75) is 50.2 Å². The highest BCUT2D eigenvalue weighted by Crippen LogP contribution is 2.30. The molecule has 4 rings (SSSR count). The number of amides is 1. The maximum Gasteiger partial charge on any atom is 0.224 e. The van der Waals surface area contributed by atoms with Crippen molar-refractivity contribution in [3.05, 3.63) is 35.4 Å². The number of benzene rings is 1. The quantitative estimate of drug-likeness (QED) is 0.840. The van der Waals surface area contributed by atoms with E-state index in [-0.39, 0.29) is 11.8 Å². The van der Waals surface area contributed by atoms with Gasteiger partial charge in [0, 0.05) is 24.0 Å². The van der Waals surface area contributed by atoms with Crippen molar-refractivity contribution in [3.8, 4) is 0 Å². The molecule has 100 valence electrons. The first kappa shape index (κ1) is 11.5. The summed E-state index contributed by atoms with van der Waals surface area (Å²) in [6, 6.07) is 9.99. The molecule has 3 heteroatoms. The summed E-state index contributed by atoms with van der Waals surface area (Å²) in [6.07, 6.45) is 5.45. The summed E-state index contributed by atoms with van der Waals surface area (Å²) in [6.45, 7) is 0. The van der Waals surface area contributed by atoms with Crippen molar-refractivity contribution in [1.82, 2.24) is 10.6 Å². The van der Waals surface area contributed by atoms with E-state index in [0.717, 1.165) is 19.3 Å². The van der Waals surface area contributed by atoms with Crippen molar-refractivity contribution in [2.24, 2.45) is 5.92 Å². The summed E-state index contributed by atoms with van der Waals surface area (Å²) in [4.78, 5) is 12.4. The van der Waals surface area contributed by atoms with E-state index in [1.807, 2.05) is 0 Å². The predicted octanol–water partition coefficient (Wildman–Crippen LogP) is 1.41. The van der Waals surface area contributed by atoms with E-state index in [9.17, 15) is 4.79 Å². The fourth-order valence-corrected chi connectivity index (χ4v) is 4.03. The van der Waals surface area contributed by atoms with Crippen LogP contribution in [0.2, 0.25) is 0 Å². The van der Waals surface area contributed by atoms with E-state index < -0.39 is 0 Å². The lowest BCUT2D eigenvalue weighted by Gasteiger charge is -2.23. The molecule has 0 radical (unpaired) electrons.